The summed E-state index contributed by atoms with van der Waals surface area (Å²) in [7, 11) is 3.63. The molecule has 0 spiro atoms. The van der Waals surface area contributed by atoms with Crippen LogP contribution in [-0.4, -0.2) is 61.9 Å². The molecule has 0 aromatic carbocycles. The van der Waals surface area contributed by atoms with Gasteiger partial charge >= 0.3 is 0 Å². The van der Waals surface area contributed by atoms with Crippen LogP contribution in [0.1, 0.15) is 25.7 Å². The fourth-order valence-electron chi connectivity index (χ4n) is 3.00. The summed E-state index contributed by atoms with van der Waals surface area (Å²) in [5.41, 5.74) is -0.287. The summed E-state index contributed by atoms with van der Waals surface area (Å²) in [5.74, 6) is 0.116. The number of likely N-dealkylation sites (N-methyl/N-ethyl adjacent to an activating group) is 1. The zero-order valence-corrected chi connectivity index (χ0v) is 11.3. The molecule has 0 aromatic rings. The highest BCUT2D eigenvalue weighted by atomic mass is 16.5. The molecule has 2 fully saturated rings. The largest absolute Gasteiger partial charge is 0.392 e. The minimum absolute atomic E-state index is 0.116. The van der Waals surface area contributed by atoms with Crippen molar-refractivity contribution in [2.75, 3.05) is 33.9 Å². The zero-order valence-electron chi connectivity index (χ0n) is 11.3. The van der Waals surface area contributed by atoms with Crippen LogP contribution >= 0.6 is 0 Å². The molecule has 1 saturated carbocycles. The molecule has 1 aliphatic heterocycles. The van der Waals surface area contributed by atoms with E-state index >= 15 is 0 Å². The standard InChI is InChI=1S/C13H24N2O3/c1-15-8-11(16)6-10(15)7-14-12(17)13(9-18-2)4-3-5-13/h10-11,16H,3-9H2,1-2H3,(H,14,17)/t10-,11+/m0/s1. The molecule has 18 heavy (non-hydrogen) atoms. The van der Waals surface area contributed by atoms with Gasteiger partial charge in [-0.3, -0.25) is 9.69 Å². The average Bonchev–Trinajstić information content (AvgIpc) is 2.59. The first-order valence-electron chi connectivity index (χ1n) is 6.73. The van der Waals surface area contributed by atoms with E-state index in [-0.39, 0.29) is 23.5 Å². The molecule has 2 rings (SSSR count). The predicted octanol–water partition coefficient (Wildman–Crippen LogP) is -0.0157. The molecule has 2 atom stereocenters. The molecular weight excluding hydrogens is 232 g/mol. The molecule has 104 valence electrons. The number of carbonyl (C=O) groups is 1. The lowest BCUT2D eigenvalue weighted by atomic mass is 9.68. The van der Waals surface area contributed by atoms with Crippen LogP contribution in [-0.2, 0) is 9.53 Å². The molecule has 2 N–H and O–H groups in total. The quantitative estimate of drug-likeness (QED) is 0.726. The number of carbonyl (C=O) groups excluding carboxylic acids is 1. The van der Waals surface area contributed by atoms with Crippen molar-refractivity contribution in [2.24, 2.45) is 5.41 Å². The molecular formula is C13H24N2O3. The van der Waals surface area contributed by atoms with Crippen LogP contribution in [0.3, 0.4) is 0 Å². The van der Waals surface area contributed by atoms with E-state index in [1.807, 2.05) is 7.05 Å². The van der Waals surface area contributed by atoms with Crippen LogP contribution < -0.4 is 5.32 Å². The number of nitrogens with zero attached hydrogens (tertiary/aromatic N) is 1. The van der Waals surface area contributed by atoms with Crippen LogP contribution in [0.2, 0.25) is 0 Å². The molecule has 0 unspecified atom stereocenters. The average molecular weight is 256 g/mol. The van der Waals surface area contributed by atoms with Crippen LogP contribution in [0.15, 0.2) is 0 Å². The Hall–Kier alpha value is -0.650. The van der Waals surface area contributed by atoms with Gasteiger partial charge in [-0.1, -0.05) is 6.42 Å². The van der Waals surface area contributed by atoms with Gasteiger partial charge in [0.25, 0.3) is 0 Å². The number of ether oxygens (including phenoxy) is 1. The molecule has 1 aliphatic carbocycles. The van der Waals surface area contributed by atoms with E-state index in [1.54, 1.807) is 7.11 Å². The third kappa shape index (κ3) is 2.68. The van der Waals surface area contributed by atoms with Crippen molar-refractivity contribution in [1.82, 2.24) is 10.2 Å². The predicted molar refractivity (Wildman–Crippen MR) is 68.2 cm³/mol. The molecule has 2 aliphatic rings. The highest BCUT2D eigenvalue weighted by Crippen LogP contribution is 2.41. The lowest BCUT2D eigenvalue weighted by Gasteiger charge is -2.39. The van der Waals surface area contributed by atoms with Crippen molar-refractivity contribution in [3.8, 4) is 0 Å². The third-order valence-electron chi connectivity index (χ3n) is 4.38. The van der Waals surface area contributed by atoms with Crippen LogP contribution in [0, 0.1) is 5.41 Å². The fourth-order valence-corrected chi connectivity index (χ4v) is 3.00. The number of aliphatic hydroxyl groups excluding tert-OH is 1. The minimum Gasteiger partial charge on any atom is -0.392 e. The first kappa shape index (κ1) is 13.8. The van der Waals surface area contributed by atoms with Gasteiger partial charge in [-0.15, -0.1) is 0 Å². The number of nitrogens with one attached hydrogen (secondary N) is 1. The second-order valence-electron chi connectivity index (χ2n) is 5.76. The van der Waals surface area contributed by atoms with Gasteiger partial charge < -0.3 is 15.2 Å². The second kappa shape index (κ2) is 5.55. The molecule has 5 heteroatoms. The van der Waals surface area contributed by atoms with E-state index in [9.17, 15) is 9.90 Å². The monoisotopic (exact) mass is 256 g/mol. The summed E-state index contributed by atoms with van der Waals surface area (Å²) in [6.45, 7) is 1.84. The summed E-state index contributed by atoms with van der Waals surface area (Å²) in [5, 5.41) is 12.6. The van der Waals surface area contributed by atoms with Crippen molar-refractivity contribution in [1.29, 1.82) is 0 Å². The number of hydrogen-bond donors (Lipinski definition) is 2. The van der Waals surface area contributed by atoms with Crippen molar-refractivity contribution in [2.45, 2.75) is 37.8 Å². The Morgan fingerprint density at radius 2 is 2.28 bits per heavy atom. The van der Waals surface area contributed by atoms with E-state index in [2.05, 4.69) is 10.2 Å². The SMILES string of the molecule is COCC1(C(=O)NC[C@@H]2C[C@@H](O)CN2C)CCC1. The van der Waals surface area contributed by atoms with Crippen molar-refractivity contribution in [3.05, 3.63) is 0 Å². The topological polar surface area (TPSA) is 61.8 Å². The van der Waals surface area contributed by atoms with Gasteiger partial charge in [0.15, 0.2) is 0 Å². The molecule has 5 nitrogen and oxygen atoms in total. The molecule has 0 aromatic heterocycles. The number of hydrogen-bond acceptors (Lipinski definition) is 4. The number of aliphatic hydroxyl groups is 1. The van der Waals surface area contributed by atoms with Gasteiger partial charge in [0, 0.05) is 26.2 Å². The third-order valence-corrected chi connectivity index (χ3v) is 4.38. The molecule has 1 saturated heterocycles. The van der Waals surface area contributed by atoms with E-state index in [0.717, 1.165) is 25.7 Å². The lowest BCUT2D eigenvalue weighted by Crippen LogP contribution is -2.51. The molecule has 1 heterocycles. The van der Waals surface area contributed by atoms with Gasteiger partial charge in [-0.25, -0.2) is 0 Å². The van der Waals surface area contributed by atoms with Crippen molar-refractivity contribution >= 4 is 5.91 Å². The second-order valence-corrected chi connectivity index (χ2v) is 5.76. The summed E-state index contributed by atoms with van der Waals surface area (Å²) < 4.78 is 5.17. The lowest BCUT2D eigenvalue weighted by molar-refractivity contribution is -0.140. The normalized spacial score (nSPS) is 31.1. The highest BCUT2D eigenvalue weighted by molar-refractivity contribution is 5.83. The maximum Gasteiger partial charge on any atom is 0.228 e. The number of β-amino-alcohol motifs (C(OH)–C–C–N with tert-alkyl or cyclic N) is 1. The van der Waals surface area contributed by atoms with Gasteiger partial charge in [-0.2, -0.15) is 0 Å². The van der Waals surface area contributed by atoms with Gasteiger partial charge in [0.2, 0.25) is 5.91 Å². The van der Waals surface area contributed by atoms with E-state index < -0.39 is 0 Å². The molecule has 1 amide bonds. The smallest absolute Gasteiger partial charge is 0.228 e. The number of amides is 1. The van der Waals surface area contributed by atoms with Gasteiger partial charge in [-0.05, 0) is 26.3 Å². The highest BCUT2D eigenvalue weighted by Gasteiger charge is 2.44. The first-order chi connectivity index (χ1) is 8.57. The number of rotatable bonds is 5. The van der Waals surface area contributed by atoms with Gasteiger partial charge in [0.1, 0.15) is 0 Å². The number of likely N-dealkylation sites (tertiary alicyclic amines) is 1. The van der Waals surface area contributed by atoms with Crippen LogP contribution in [0.25, 0.3) is 0 Å². The van der Waals surface area contributed by atoms with E-state index in [4.69, 9.17) is 4.74 Å². The first-order valence-corrected chi connectivity index (χ1v) is 6.73. The molecule has 0 radical (unpaired) electrons. The Morgan fingerprint density at radius 1 is 1.56 bits per heavy atom. The Morgan fingerprint density at radius 3 is 2.72 bits per heavy atom. The van der Waals surface area contributed by atoms with Crippen LogP contribution in [0.5, 0.6) is 0 Å². The molecule has 0 bridgehead atoms. The summed E-state index contributed by atoms with van der Waals surface area (Å²) in [4.78, 5) is 14.3. The fraction of sp³-hybridized carbons (Fsp3) is 0.923. The Labute approximate surface area is 108 Å². The maximum absolute atomic E-state index is 12.2. The Bertz CT molecular complexity index is 305. The maximum atomic E-state index is 12.2. The minimum atomic E-state index is -0.287. The Kier molecular flexibility index (Phi) is 4.25. The Balaban J connectivity index is 1.81. The van der Waals surface area contributed by atoms with Crippen LogP contribution in [0.4, 0.5) is 0 Å². The van der Waals surface area contributed by atoms with Crippen molar-refractivity contribution in [3.63, 3.8) is 0 Å². The van der Waals surface area contributed by atoms with E-state index in [0.29, 0.717) is 19.7 Å². The van der Waals surface area contributed by atoms with Gasteiger partial charge in [0.05, 0.1) is 18.1 Å². The zero-order chi connectivity index (χ0) is 13.2. The summed E-state index contributed by atoms with van der Waals surface area (Å²) >= 11 is 0. The van der Waals surface area contributed by atoms with Crippen molar-refractivity contribution < 1.29 is 14.6 Å². The summed E-state index contributed by atoms with van der Waals surface area (Å²) in [6.07, 6.45) is 3.45. The van der Waals surface area contributed by atoms with E-state index in [1.165, 1.54) is 0 Å². The number of methoxy groups -OCH3 is 1. The summed E-state index contributed by atoms with van der Waals surface area (Å²) in [6, 6.07) is 0.253.